The molecule has 1 fully saturated rings. The molecule has 1 aliphatic heterocycles. The molecule has 140 valence electrons. The summed E-state index contributed by atoms with van der Waals surface area (Å²) in [6, 6.07) is 0. The minimum atomic E-state index is -0.479. The normalized spacial score (nSPS) is 14.8. The van der Waals surface area contributed by atoms with Gasteiger partial charge in [0.25, 0.3) is 0 Å². The van der Waals surface area contributed by atoms with Crippen molar-refractivity contribution in [1.82, 2.24) is 9.97 Å². The zero-order valence-corrected chi connectivity index (χ0v) is 15.3. The van der Waals surface area contributed by atoms with Gasteiger partial charge in [-0.3, -0.25) is 10.1 Å². The summed E-state index contributed by atoms with van der Waals surface area (Å²) in [6.07, 6.45) is 4.15. The quantitative estimate of drug-likeness (QED) is 0.340. The lowest BCUT2D eigenvalue weighted by Gasteiger charge is -2.27. The van der Waals surface area contributed by atoms with E-state index in [1.165, 1.54) is 0 Å². The Morgan fingerprint density at radius 3 is 2.52 bits per heavy atom. The van der Waals surface area contributed by atoms with E-state index in [0.717, 1.165) is 65.0 Å². The smallest absolute Gasteiger partial charge is 0.353 e. The molecule has 0 spiro atoms. The molecule has 1 aromatic rings. The van der Waals surface area contributed by atoms with Crippen LogP contribution in [0.2, 0.25) is 0 Å². The number of quaternary nitrogens is 1. The van der Waals surface area contributed by atoms with Crippen LogP contribution in [0.3, 0.4) is 0 Å². The number of hydrogen-bond donors (Lipinski definition) is 3. The number of hydrogen-bond acceptors (Lipinski definition) is 7. The third-order valence-corrected chi connectivity index (χ3v) is 4.72. The van der Waals surface area contributed by atoms with Gasteiger partial charge in [0, 0.05) is 26.1 Å². The monoisotopic (exact) mass is 352 g/mol. The van der Waals surface area contributed by atoms with Crippen molar-refractivity contribution in [3.63, 3.8) is 0 Å². The predicted molar refractivity (Wildman–Crippen MR) is 99.2 cm³/mol. The largest absolute Gasteiger partial charge is 0.378 e. The number of nitrogens with zero attached hydrogens (tertiary/aromatic N) is 4. The number of aromatic nitrogens is 2. The average molecular weight is 352 g/mol. The van der Waals surface area contributed by atoms with E-state index in [1.807, 2.05) is 4.90 Å². The van der Waals surface area contributed by atoms with E-state index in [2.05, 4.69) is 29.1 Å². The third-order valence-electron chi connectivity index (χ3n) is 4.72. The molecule has 0 amide bonds. The van der Waals surface area contributed by atoms with Gasteiger partial charge >= 0.3 is 5.69 Å². The number of anilines is 3. The topological polar surface area (TPSA) is 115 Å². The van der Waals surface area contributed by atoms with Gasteiger partial charge < -0.3 is 20.9 Å². The van der Waals surface area contributed by atoms with Crippen LogP contribution in [-0.2, 0) is 0 Å². The van der Waals surface area contributed by atoms with Crippen molar-refractivity contribution in [2.75, 3.05) is 55.2 Å². The molecule has 2 heterocycles. The first-order valence-corrected chi connectivity index (χ1v) is 9.21. The van der Waals surface area contributed by atoms with Gasteiger partial charge in [0.15, 0.2) is 0 Å². The van der Waals surface area contributed by atoms with E-state index >= 15 is 0 Å². The number of rotatable bonds is 9. The molecule has 1 aliphatic rings. The van der Waals surface area contributed by atoms with Crippen molar-refractivity contribution in [3.8, 4) is 0 Å². The fourth-order valence-corrected chi connectivity index (χ4v) is 3.18. The molecule has 0 saturated carbocycles. The number of nitro groups is 1. The Balaban J connectivity index is 2.08. The Kier molecular flexibility index (Phi) is 7.17. The summed E-state index contributed by atoms with van der Waals surface area (Å²) in [6.45, 7) is 9.90. The number of piperidine rings is 1. The van der Waals surface area contributed by atoms with Crippen molar-refractivity contribution >= 4 is 23.3 Å². The Morgan fingerprint density at radius 2 is 1.92 bits per heavy atom. The molecule has 25 heavy (non-hydrogen) atoms. The van der Waals surface area contributed by atoms with E-state index < -0.39 is 4.92 Å². The average Bonchev–Trinajstić information content (AvgIpc) is 2.61. The highest BCUT2D eigenvalue weighted by Gasteiger charge is 2.28. The van der Waals surface area contributed by atoms with Crippen LogP contribution in [0.25, 0.3) is 0 Å². The molecule has 0 radical (unpaired) electrons. The van der Waals surface area contributed by atoms with Crippen molar-refractivity contribution < 1.29 is 9.82 Å². The molecular weight excluding hydrogens is 322 g/mol. The molecule has 2 rings (SSSR count). The summed E-state index contributed by atoms with van der Waals surface area (Å²) < 4.78 is 0. The van der Waals surface area contributed by atoms with Gasteiger partial charge in [0.05, 0.1) is 24.6 Å². The maximum absolute atomic E-state index is 11.4. The molecule has 1 aromatic heterocycles. The lowest BCUT2D eigenvalue weighted by Crippen LogP contribution is -3.11. The summed E-state index contributed by atoms with van der Waals surface area (Å²) in [5.41, 5.74) is 5.68. The number of nitrogen functional groups attached to an aromatic ring is 1. The fourth-order valence-electron chi connectivity index (χ4n) is 3.18. The molecule has 9 nitrogen and oxygen atoms in total. The second-order valence-corrected chi connectivity index (χ2v) is 6.40. The van der Waals surface area contributed by atoms with Gasteiger partial charge in [-0.05, 0) is 33.1 Å². The van der Waals surface area contributed by atoms with E-state index in [0.29, 0.717) is 11.8 Å². The molecule has 0 atom stereocenters. The predicted octanol–water partition coefficient (Wildman–Crippen LogP) is 0.684. The maximum atomic E-state index is 11.4. The van der Waals surface area contributed by atoms with Crippen molar-refractivity contribution in [2.45, 2.75) is 39.5 Å². The number of nitrogens with one attached hydrogen (secondary N) is 2. The van der Waals surface area contributed by atoms with Gasteiger partial charge in [-0.1, -0.05) is 0 Å². The highest BCUT2D eigenvalue weighted by Crippen LogP contribution is 2.33. The fraction of sp³-hybridized carbons (Fsp3) is 0.750. The van der Waals surface area contributed by atoms with Crippen LogP contribution in [0.4, 0.5) is 23.3 Å². The molecule has 1 saturated heterocycles. The highest BCUT2D eigenvalue weighted by atomic mass is 16.6. The zero-order chi connectivity index (χ0) is 18.2. The minimum absolute atomic E-state index is 0.0718. The number of nitrogens with two attached hydrogens (primary N) is 1. The van der Waals surface area contributed by atoms with Crippen LogP contribution < -0.4 is 20.9 Å². The first kappa shape index (κ1) is 19.2. The summed E-state index contributed by atoms with van der Waals surface area (Å²) in [5, 5.41) is 14.6. The first-order valence-electron chi connectivity index (χ1n) is 9.21. The zero-order valence-electron chi connectivity index (χ0n) is 15.3. The second kappa shape index (κ2) is 9.36. The van der Waals surface area contributed by atoms with Gasteiger partial charge in [-0.2, -0.15) is 9.97 Å². The van der Waals surface area contributed by atoms with Crippen LogP contribution in [0.5, 0.6) is 0 Å². The lowest BCUT2D eigenvalue weighted by molar-refractivity contribution is -0.896. The summed E-state index contributed by atoms with van der Waals surface area (Å²) in [5.74, 6) is 0.643. The van der Waals surface area contributed by atoms with E-state index in [9.17, 15) is 10.1 Å². The minimum Gasteiger partial charge on any atom is -0.378 e. The Hall–Kier alpha value is -2.16. The summed E-state index contributed by atoms with van der Waals surface area (Å²) in [4.78, 5) is 22.9. The molecule has 0 aliphatic carbocycles. The van der Waals surface area contributed by atoms with Crippen LogP contribution in [0.1, 0.15) is 39.5 Å². The Morgan fingerprint density at radius 1 is 1.24 bits per heavy atom. The van der Waals surface area contributed by atoms with Crippen LogP contribution in [0, 0.1) is 10.1 Å². The third kappa shape index (κ3) is 5.15. The van der Waals surface area contributed by atoms with Gasteiger partial charge in [0.1, 0.15) is 0 Å². The van der Waals surface area contributed by atoms with E-state index in [-0.39, 0.29) is 11.5 Å². The molecule has 4 N–H and O–H groups in total. The molecule has 0 bridgehead atoms. The molecule has 0 unspecified atom stereocenters. The summed E-state index contributed by atoms with van der Waals surface area (Å²) in [7, 11) is 0. The first-order chi connectivity index (χ1) is 12.1. The van der Waals surface area contributed by atoms with E-state index in [4.69, 9.17) is 5.73 Å². The van der Waals surface area contributed by atoms with Crippen LogP contribution >= 0.6 is 0 Å². The van der Waals surface area contributed by atoms with Gasteiger partial charge in [-0.15, -0.1) is 0 Å². The molecule has 9 heteroatoms. The maximum Gasteiger partial charge on any atom is 0.353 e. The Bertz CT molecular complexity index is 572. The second-order valence-electron chi connectivity index (χ2n) is 6.40. The molecule has 0 aromatic carbocycles. The molecular formula is C16H30N7O2+. The van der Waals surface area contributed by atoms with Gasteiger partial charge in [0.2, 0.25) is 17.6 Å². The Labute approximate surface area is 148 Å². The van der Waals surface area contributed by atoms with E-state index in [1.54, 1.807) is 4.90 Å². The standard InChI is InChI=1S/C16H29N7O2/c1-3-21(4-2)10-8-9-18-16-19-14(17)13(23(24)25)15(20-16)22-11-6-5-7-12-22/h3-12H2,1-2H3,(H3,17,18,19,20)/p+1. The SMILES string of the molecule is CC[NH+](CC)CCCNc1nc(N)c([N+](=O)[O-])c(N2CCCCC2)n1. The summed E-state index contributed by atoms with van der Waals surface area (Å²) >= 11 is 0. The highest BCUT2D eigenvalue weighted by molar-refractivity contribution is 5.71. The lowest BCUT2D eigenvalue weighted by atomic mass is 10.1. The van der Waals surface area contributed by atoms with Crippen molar-refractivity contribution in [1.29, 1.82) is 0 Å². The van der Waals surface area contributed by atoms with Crippen LogP contribution in [-0.4, -0.2) is 54.2 Å². The van der Waals surface area contributed by atoms with Crippen molar-refractivity contribution in [3.05, 3.63) is 10.1 Å². The van der Waals surface area contributed by atoms with Crippen molar-refractivity contribution in [2.24, 2.45) is 0 Å². The van der Waals surface area contributed by atoms with Gasteiger partial charge in [-0.25, -0.2) is 0 Å². The van der Waals surface area contributed by atoms with Crippen LogP contribution in [0.15, 0.2) is 0 Å².